The molecule has 2 aromatic carbocycles. The van der Waals surface area contributed by atoms with Gasteiger partial charge in [0.2, 0.25) is 15.9 Å². The van der Waals surface area contributed by atoms with Crippen molar-refractivity contribution in [3.63, 3.8) is 0 Å². The van der Waals surface area contributed by atoms with Gasteiger partial charge in [0.15, 0.2) is 0 Å². The zero-order chi connectivity index (χ0) is 24.3. The highest BCUT2D eigenvalue weighted by atomic mass is 32.2. The lowest BCUT2D eigenvalue weighted by atomic mass is 9.97. The molecule has 1 aromatic heterocycles. The van der Waals surface area contributed by atoms with Gasteiger partial charge in [-0.2, -0.15) is 9.40 Å². The number of hydrogen-bond donors (Lipinski definition) is 1. The van der Waals surface area contributed by atoms with E-state index in [4.69, 9.17) is 0 Å². The molecule has 12 heteroatoms. The normalized spacial score (nSPS) is 15.7. The minimum atomic E-state index is -4.92. The van der Waals surface area contributed by atoms with Gasteiger partial charge < -0.3 is 10.1 Å². The highest BCUT2D eigenvalue weighted by molar-refractivity contribution is 7.89. The Kier molecular flexibility index (Phi) is 6.62. The Morgan fingerprint density at radius 1 is 1.06 bits per heavy atom. The smallest absolute Gasteiger partial charge is 0.406 e. The Morgan fingerprint density at radius 2 is 1.79 bits per heavy atom. The van der Waals surface area contributed by atoms with Crippen LogP contribution in [0.3, 0.4) is 0 Å². The second kappa shape index (κ2) is 9.47. The summed E-state index contributed by atoms with van der Waals surface area (Å²) in [6, 6.07) is 13.2. The summed E-state index contributed by atoms with van der Waals surface area (Å²) in [4.78, 5) is 12.4. The summed E-state index contributed by atoms with van der Waals surface area (Å²) in [5, 5.41) is 7.01. The number of halogens is 3. The van der Waals surface area contributed by atoms with E-state index in [1.54, 1.807) is 41.3 Å². The quantitative estimate of drug-likeness (QED) is 0.563. The van der Waals surface area contributed by atoms with Gasteiger partial charge in [0, 0.05) is 43.2 Å². The second-order valence-electron chi connectivity index (χ2n) is 7.69. The summed E-state index contributed by atoms with van der Waals surface area (Å²) in [7, 11) is -4.03. The second-order valence-corrected chi connectivity index (χ2v) is 9.63. The molecule has 8 nitrogen and oxygen atoms in total. The van der Waals surface area contributed by atoms with Gasteiger partial charge in [0.05, 0.1) is 10.6 Å². The van der Waals surface area contributed by atoms with Crippen molar-refractivity contribution in [1.29, 1.82) is 0 Å². The number of carbonyl (C=O) groups is 1. The van der Waals surface area contributed by atoms with E-state index in [1.165, 1.54) is 16.4 Å². The van der Waals surface area contributed by atoms with Crippen LogP contribution in [0.25, 0.3) is 5.69 Å². The molecule has 0 bridgehead atoms. The minimum absolute atomic E-state index is 0.0676. The predicted octanol–water partition coefficient (Wildman–Crippen LogP) is 3.81. The first-order chi connectivity index (χ1) is 16.1. The van der Waals surface area contributed by atoms with Crippen LogP contribution < -0.4 is 10.1 Å². The van der Waals surface area contributed by atoms with E-state index in [2.05, 4.69) is 15.2 Å². The molecular formula is C22H21F3N4O4S. The topological polar surface area (TPSA) is 93.5 Å². The lowest BCUT2D eigenvalue weighted by Gasteiger charge is -2.30. The summed E-state index contributed by atoms with van der Waals surface area (Å²) in [5.41, 5.74) is 1.37. The van der Waals surface area contributed by atoms with Crippen molar-refractivity contribution >= 4 is 21.6 Å². The maximum Gasteiger partial charge on any atom is 0.573 e. The number of hydrogen-bond acceptors (Lipinski definition) is 5. The van der Waals surface area contributed by atoms with E-state index in [1.807, 2.05) is 6.07 Å². The maximum atomic E-state index is 12.9. The van der Waals surface area contributed by atoms with Crippen molar-refractivity contribution in [1.82, 2.24) is 14.1 Å². The van der Waals surface area contributed by atoms with E-state index in [0.717, 1.165) is 17.8 Å². The van der Waals surface area contributed by atoms with Crippen LogP contribution in [0, 0.1) is 5.92 Å². The van der Waals surface area contributed by atoms with E-state index < -0.39 is 28.1 Å². The molecule has 0 unspecified atom stereocenters. The summed E-state index contributed by atoms with van der Waals surface area (Å²) < 4.78 is 69.9. The number of rotatable bonds is 6. The number of amides is 1. The molecule has 1 N–H and O–H groups in total. The fourth-order valence-electron chi connectivity index (χ4n) is 3.73. The Bertz CT molecular complexity index is 1260. The van der Waals surface area contributed by atoms with Crippen LogP contribution >= 0.6 is 0 Å². The number of nitrogens with zero attached hydrogens (tertiary/aromatic N) is 3. The lowest BCUT2D eigenvalue weighted by Crippen LogP contribution is -2.41. The van der Waals surface area contributed by atoms with Gasteiger partial charge in [-0.3, -0.25) is 4.79 Å². The van der Waals surface area contributed by atoms with Crippen molar-refractivity contribution < 1.29 is 31.1 Å². The first-order valence-electron chi connectivity index (χ1n) is 10.4. The van der Waals surface area contributed by atoms with Crippen molar-refractivity contribution in [2.75, 3.05) is 18.4 Å². The Labute approximate surface area is 194 Å². The lowest BCUT2D eigenvalue weighted by molar-refractivity contribution is -0.274. The number of nitrogens with one attached hydrogen (secondary N) is 1. The molecule has 1 saturated heterocycles. The highest BCUT2D eigenvalue weighted by Crippen LogP contribution is 2.29. The summed E-state index contributed by atoms with van der Waals surface area (Å²) in [6.45, 7) is 0.135. The van der Waals surface area contributed by atoms with E-state index in [-0.39, 0.29) is 36.7 Å². The Balaban J connectivity index is 1.38. The number of carbonyl (C=O) groups excluding carboxylic acids is 1. The van der Waals surface area contributed by atoms with E-state index in [0.29, 0.717) is 5.69 Å². The minimum Gasteiger partial charge on any atom is -0.406 e. The number of anilines is 1. The van der Waals surface area contributed by atoms with Crippen LogP contribution in [0.5, 0.6) is 5.75 Å². The van der Waals surface area contributed by atoms with Gasteiger partial charge in [-0.15, -0.1) is 13.2 Å². The summed E-state index contributed by atoms with van der Waals surface area (Å²) in [5.74, 6) is -1.24. The Hall–Kier alpha value is -3.38. The number of ether oxygens (including phenoxy) is 1. The number of benzene rings is 2. The summed E-state index contributed by atoms with van der Waals surface area (Å²) in [6.07, 6.45) is -0.938. The first-order valence-corrected chi connectivity index (χ1v) is 11.8. The molecule has 180 valence electrons. The largest absolute Gasteiger partial charge is 0.573 e. The average Bonchev–Trinajstić information content (AvgIpc) is 3.33. The molecule has 1 amide bonds. The average molecular weight is 494 g/mol. The zero-order valence-electron chi connectivity index (χ0n) is 17.8. The molecule has 1 fully saturated rings. The van der Waals surface area contributed by atoms with Gasteiger partial charge in [-0.1, -0.05) is 12.1 Å². The van der Waals surface area contributed by atoms with E-state index in [9.17, 15) is 26.4 Å². The molecule has 0 aliphatic carbocycles. The van der Waals surface area contributed by atoms with Crippen LogP contribution in [0.2, 0.25) is 0 Å². The van der Waals surface area contributed by atoms with Gasteiger partial charge in [0.25, 0.3) is 0 Å². The first kappa shape index (κ1) is 23.8. The molecule has 1 aliphatic rings. The van der Waals surface area contributed by atoms with Crippen LogP contribution in [0.4, 0.5) is 18.9 Å². The Morgan fingerprint density at radius 3 is 2.47 bits per heavy atom. The third-order valence-electron chi connectivity index (χ3n) is 5.38. The molecule has 34 heavy (non-hydrogen) atoms. The SMILES string of the molecule is O=C(Nc1cccc(-n2cccn2)c1)C1CCN(S(=O)(=O)c2cccc(OC(F)(F)F)c2)CC1. The number of piperidine rings is 1. The third kappa shape index (κ3) is 5.57. The molecule has 3 aromatic rings. The van der Waals surface area contributed by atoms with Gasteiger partial charge in [-0.25, -0.2) is 13.1 Å². The molecular weight excluding hydrogens is 473 g/mol. The molecule has 2 heterocycles. The van der Waals surface area contributed by atoms with Crippen LogP contribution in [0.1, 0.15) is 12.8 Å². The summed E-state index contributed by atoms with van der Waals surface area (Å²) >= 11 is 0. The maximum absolute atomic E-state index is 12.9. The fraction of sp³-hybridized carbons (Fsp3) is 0.273. The number of sulfonamides is 1. The van der Waals surface area contributed by atoms with Crippen molar-refractivity contribution in [3.05, 3.63) is 67.0 Å². The van der Waals surface area contributed by atoms with Crippen molar-refractivity contribution in [2.24, 2.45) is 5.92 Å². The number of aromatic nitrogens is 2. The zero-order valence-corrected chi connectivity index (χ0v) is 18.6. The highest BCUT2D eigenvalue weighted by Gasteiger charge is 2.34. The predicted molar refractivity (Wildman–Crippen MR) is 117 cm³/mol. The van der Waals surface area contributed by atoms with Crippen molar-refractivity contribution in [2.45, 2.75) is 24.1 Å². The molecule has 0 saturated carbocycles. The van der Waals surface area contributed by atoms with Crippen molar-refractivity contribution in [3.8, 4) is 11.4 Å². The monoisotopic (exact) mass is 494 g/mol. The third-order valence-corrected chi connectivity index (χ3v) is 7.28. The van der Waals surface area contributed by atoms with Gasteiger partial charge in [0.1, 0.15) is 5.75 Å². The van der Waals surface area contributed by atoms with Crippen LogP contribution in [0.15, 0.2) is 71.9 Å². The van der Waals surface area contributed by atoms with Crippen LogP contribution in [-0.4, -0.2) is 47.9 Å². The number of alkyl halides is 3. The van der Waals surface area contributed by atoms with Gasteiger partial charge in [-0.05, 0) is 49.2 Å². The molecule has 1 aliphatic heterocycles. The van der Waals surface area contributed by atoms with Gasteiger partial charge >= 0.3 is 6.36 Å². The molecule has 0 atom stereocenters. The molecule has 4 rings (SSSR count). The standard InChI is InChI=1S/C22H21F3N4O4S/c23-22(24,25)33-19-6-2-7-20(15-19)34(31,32)28-12-8-16(9-13-28)21(30)27-17-4-1-5-18(14-17)29-11-3-10-26-29/h1-7,10-11,14-16H,8-9,12-13H2,(H,27,30). The molecule has 0 radical (unpaired) electrons. The molecule has 0 spiro atoms. The fourth-order valence-corrected chi connectivity index (χ4v) is 5.24. The van der Waals surface area contributed by atoms with E-state index >= 15 is 0 Å². The van der Waals surface area contributed by atoms with Crippen LogP contribution in [-0.2, 0) is 14.8 Å².